The van der Waals surface area contributed by atoms with E-state index in [-0.39, 0.29) is 6.04 Å². The number of aryl methyl sites for hydroxylation is 1. The molecule has 0 spiro atoms. The average molecular weight is 272 g/mol. The molecule has 98 valence electrons. The molecule has 4 nitrogen and oxygen atoms in total. The van der Waals surface area contributed by atoms with E-state index in [4.69, 9.17) is 5.73 Å². The van der Waals surface area contributed by atoms with Gasteiger partial charge in [0.05, 0.1) is 0 Å². The number of nitrogens with two attached hydrogens (primary N) is 1. The standard InChI is InChI=1S/C14H16N4S/c1-9-5-6-12-13(16-9)18(14(15)17-12)10(2)8-11-4-3-7-19-11/h3-7,10H,8H2,1-2H3,(H2,15,17). The van der Waals surface area contributed by atoms with Gasteiger partial charge in [0.2, 0.25) is 5.95 Å². The van der Waals surface area contributed by atoms with Crippen molar-refractivity contribution in [2.75, 3.05) is 5.73 Å². The molecule has 0 aliphatic rings. The lowest BCUT2D eigenvalue weighted by Gasteiger charge is -2.14. The molecule has 0 aromatic carbocycles. The number of thiophene rings is 1. The van der Waals surface area contributed by atoms with Crippen molar-refractivity contribution < 1.29 is 0 Å². The van der Waals surface area contributed by atoms with Gasteiger partial charge in [-0.25, -0.2) is 9.97 Å². The van der Waals surface area contributed by atoms with Crippen LogP contribution in [-0.2, 0) is 6.42 Å². The Morgan fingerprint density at radius 1 is 1.32 bits per heavy atom. The molecule has 0 amide bonds. The molecular formula is C14H16N4S. The highest BCUT2D eigenvalue weighted by molar-refractivity contribution is 7.09. The van der Waals surface area contributed by atoms with E-state index in [0.717, 1.165) is 23.3 Å². The van der Waals surface area contributed by atoms with E-state index in [2.05, 4.69) is 34.4 Å². The highest BCUT2D eigenvalue weighted by atomic mass is 32.1. The number of pyridine rings is 1. The van der Waals surface area contributed by atoms with Crippen LogP contribution in [0.1, 0.15) is 23.5 Å². The zero-order valence-electron chi connectivity index (χ0n) is 11.0. The number of imidazole rings is 1. The molecule has 3 aromatic rings. The fraction of sp³-hybridized carbons (Fsp3) is 0.286. The van der Waals surface area contributed by atoms with Crippen molar-refractivity contribution in [2.24, 2.45) is 0 Å². The van der Waals surface area contributed by atoms with E-state index >= 15 is 0 Å². The van der Waals surface area contributed by atoms with Crippen molar-refractivity contribution in [1.29, 1.82) is 0 Å². The van der Waals surface area contributed by atoms with E-state index in [1.165, 1.54) is 4.88 Å². The second-order valence-corrected chi connectivity index (χ2v) is 5.80. The van der Waals surface area contributed by atoms with E-state index in [9.17, 15) is 0 Å². The minimum Gasteiger partial charge on any atom is -0.369 e. The molecule has 0 aliphatic carbocycles. The Morgan fingerprint density at radius 2 is 2.16 bits per heavy atom. The maximum absolute atomic E-state index is 6.05. The monoisotopic (exact) mass is 272 g/mol. The summed E-state index contributed by atoms with van der Waals surface area (Å²) in [4.78, 5) is 10.3. The summed E-state index contributed by atoms with van der Waals surface area (Å²) in [6.07, 6.45) is 0.947. The summed E-state index contributed by atoms with van der Waals surface area (Å²) in [5, 5.41) is 2.10. The summed E-state index contributed by atoms with van der Waals surface area (Å²) in [7, 11) is 0. The van der Waals surface area contributed by atoms with Crippen LogP contribution in [0.3, 0.4) is 0 Å². The zero-order chi connectivity index (χ0) is 13.4. The Bertz CT molecular complexity index is 700. The third-order valence-electron chi connectivity index (χ3n) is 3.22. The van der Waals surface area contributed by atoms with Crippen LogP contribution in [-0.4, -0.2) is 14.5 Å². The number of aromatic nitrogens is 3. The minimum absolute atomic E-state index is 0.248. The molecule has 1 unspecified atom stereocenters. The van der Waals surface area contributed by atoms with Gasteiger partial charge in [-0.3, -0.25) is 4.57 Å². The Labute approximate surface area is 115 Å². The summed E-state index contributed by atoms with van der Waals surface area (Å²) in [5.74, 6) is 0.539. The quantitative estimate of drug-likeness (QED) is 0.796. The molecule has 3 heterocycles. The van der Waals surface area contributed by atoms with E-state index in [0.29, 0.717) is 5.95 Å². The van der Waals surface area contributed by atoms with Crippen LogP contribution in [0.5, 0.6) is 0 Å². The Morgan fingerprint density at radius 3 is 2.89 bits per heavy atom. The van der Waals surface area contributed by atoms with Crippen molar-refractivity contribution in [3.8, 4) is 0 Å². The third-order valence-corrected chi connectivity index (χ3v) is 4.12. The van der Waals surface area contributed by atoms with Gasteiger partial charge < -0.3 is 5.73 Å². The SMILES string of the molecule is Cc1ccc2nc(N)n(C(C)Cc3cccs3)c2n1. The number of hydrogen-bond donors (Lipinski definition) is 1. The highest BCUT2D eigenvalue weighted by Gasteiger charge is 2.16. The Hall–Kier alpha value is -1.88. The number of nitrogens with zero attached hydrogens (tertiary/aromatic N) is 3. The fourth-order valence-electron chi connectivity index (χ4n) is 2.33. The number of nitrogen functional groups attached to an aromatic ring is 1. The smallest absolute Gasteiger partial charge is 0.202 e. The second kappa shape index (κ2) is 4.66. The molecule has 0 saturated carbocycles. The normalized spacial score (nSPS) is 12.9. The van der Waals surface area contributed by atoms with E-state index in [1.54, 1.807) is 11.3 Å². The van der Waals surface area contributed by atoms with Gasteiger partial charge in [0, 0.05) is 23.0 Å². The zero-order valence-corrected chi connectivity index (χ0v) is 11.8. The highest BCUT2D eigenvalue weighted by Crippen LogP contribution is 2.25. The second-order valence-electron chi connectivity index (χ2n) is 4.77. The number of hydrogen-bond acceptors (Lipinski definition) is 4. The largest absolute Gasteiger partial charge is 0.369 e. The van der Waals surface area contributed by atoms with Gasteiger partial charge in [-0.1, -0.05) is 6.07 Å². The number of anilines is 1. The molecule has 0 bridgehead atoms. The number of fused-ring (bicyclic) bond motifs is 1. The van der Waals surface area contributed by atoms with Gasteiger partial charge in [-0.05, 0) is 37.4 Å². The van der Waals surface area contributed by atoms with Gasteiger partial charge >= 0.3 is 0 Å². The third kappa shape index (κ3) is 2.21. The maximum Gasteiger partial charge on any atom is 0.202 e. The molecule has 3 aromatic heterocycles. The molecule has 0 aliphatic heterocycles. The van der Waals surface area contributed by atoms with Crippen molar-refractivity contribution in [1.82, 2.24) is 14.5 Å². The lowest BCUT2D eigenvalue weighted by atomic mass is 10.2. The summed E-state index contributed by atoms with van der Waals surface area (Å²) in [6, 6.07) is 8.41. The molecule has 0 fully saturated rings. The topological polar surface area (TPSA) is 56.7 Å². The predicted octanol–water partition coefficient (Wildman–Crippen LogP) is 3.19. The average Bonchev–Trinajstić information content (AvgIpc) is 2.95. The Balaban J connectivity index is 2.03. The van der Waals surface area contributed by atoms with Gasteiger partial charge in [0.1, 0.15) is 5.52 Å². The molecular weight excluding hydrogens is 256 g/mol. The minimum atomic E-state index is 0.248. The van der Waals surface area contributed by atoms with E-state index in [1.807, 2.05) is 23.6 Å². The summed E-state index contributed by atoms with van der Waals surface area (Å²) in [6.45, 7) is 4.14. The summed E-state index contributed by atoms with van der Waals surface area (Å²) >= 11 is 1.77. The first kappa shape index (κ1) is 12.2. The van der Waals surface area contributed by atoms with Crippen LogP contribution in [0.4, 0.5) is 5.95 Å². The van der Waals surface area contributed by atoms with Crippen molar-refractivity contribution in [3.63, 3.8) is 0 Å². The summed E-state index contributed by atoms with van der Waals surface area (Å²) < 4.78 is 2.03. The first-order valence-electron chi connectivity index (χ1n) is 6.28. The molecule has 5 heteroatoms. The lowest BCUT2D eigenvalue weighted by Crippen LogP contribution is -2.11. The van der Waals surface area contributed by atoms with Gasteiger partial charge in [-0.2, -0.15) is 0 Å². The van der Waals surface area contributed by atoms with Gasteiger partial charge in [0.25, 0.3) is 0 Å². The molecule has 0 radical (unpaired) electrons. The van der Waals surface area contributed by atoms with Crippen molar-refractivity contribution in [2.45, 2.75) is 26.3 Å². The van der Waals surface area contributed by atoms with E-state index < -0.39 is 0 Å². The number of rotatable bonds is 3. The van der Waals surface area contributed by atoms with Crippen LogP contribution in [0.15, 0.2) is 29.6 Å². The predicted molar refractivity (Wildman–Crippen MR) is 79.4 cm³/mol. The van der Waals surface area contributed by atoms with Gasteiger partial charge in [0.15, 0.2) is 5.65 Å². The maximum atomic E-state index is 6.05. The first-order valence-corrected chi connectivity index (χ1v) is 7.16. The van der Waals surface area contributed by atoms with Crippen LogP contribution < -0.4 is 5.73 Å². The molecule has 0 saturated heterocycles. The molecule has 1 atom stereocenters. The van der Waals surface area contributed by atoms with Crippen LogP contribution >= 0.6 is 11.3 Å². The van der Waals surface area contributed by atoms with Crippen molar-refractivity contribution in [3.05, 3.63) is 40.2 Å². The molecule has 3 rings (SSSR count). The van der Waals surface area contributed by atoms with Crippen LogP contribution in [0.2, 0.25) is 0 Å². The summed E-state index contributed by atoms with van der Waals surface area (Å²) in [5.41, 5.74) is 8.77. The Kier molecular flexibility index (Phi) is 2.98. The van der Waals surface area contributed by atoms with Crippen LogP contribution in [0.25, 0.3) is 11.2 Å². The van der Waals surface area contributed by atoms with Crippen molar-refractivity contribution >= 4 is 28.4 Å². The van der Waals surface area contributed by atoms with Gasteiger partial charge in [-0.15, -0.1) is 11.3 Å². The molecule has 2 N–H and O–H groups in total. The molecule has 19 heavy (non-hydrogen) atoms. The fourth-order valence-corrected chi connectivity index (χ4v) is 3.16. The first-order chi connectivity index (χ1) is 9.15. The van der Waals surface area contributed by atoms with Crippen LogP contribution in [0, 0.1) is 6.92 Å². The lowest BCUT2D eigenvalue weighted by molar-refractivity contribution is 0.567.